The molecule has 0 aromatic heterocycles. The van der Waals surface area contributed by atoms with Gasteiger partial charge in [0.1, 0.15) is 0 Å². The van der Waals surface area contributed by atoms with E-state index in [0.717, 1.165) is 6.42 Å². The molecule has 14 heavy (non-hydrogen) atoms. The standard InChI is InChI=1S/C9H22NO3P/c1-5-9-13-14(11,12-8-4)10(6-2)7-3/h5-9H2,1-4H3. The van der Waals surface area contributed by atoms with Crippen molar-refractivity contribution in [3.8, 4) is 0 Å². The number of rotatable bonds is 8. The third kappa shape index (κ3) is 4.09. The van der Waals surface area contributed by atoms with Gasteiger partial charge in [-0.2, -0.15) is 0 Å². The van der Waals surface area contributed by atoms with E-state index in [1.54, 1.807) is 4.67 Å². The smallest absolute Gasteiger partial charge is 0.297 e. The summed E-state index contributed by atoms with van der Waals surface area (Å²) in [4.78, 5) is 0. The first-order valence-corrected chi connectivity index (χ1v) is 6.78. The molecule has 0 saturated heterocycles. The average Bonchev–Trinajstić information content (AvgIpc) is 2.17. The summed E-state index contributed by atoms with van der Waals surface area (Å²) in [5.74, 6) is 0. The molecule has 0 aromatic carbocycles. The number of hydrogen-bond acceptors (Lipinski definition) is 3. The molecule has 1 atom stereocenters. The van der Waals surface area contributed by atoms with Gasteiger partial charge in [-0.1, -0.05) is 20.8 Å². The zero-order chi connectivity index (χ0) is 11.0. The van der Waals surface area contributed by atoms with Gasteiger partial charge in [0.05, 0.1) is 13.2 Å². The fourth-order valence-electron chi connectivity index (χ4n) is 1.14. The van der Waals surface area contributed by atoms with Gasteiger partial charge in [-0.25, -0.2) is 9.24 Å². The van der Waals surface area contributed by atoms with Crippen molar-refractivity contribution >= 4 is 7.75 Å². The second kappa shape index (κ2) is 7.41. The van der Waals surface area contributed by atoms with Crippen LogP contribution in [0.4, 0.5) is 0 Å². The summed E-state index contributed by atoms with van der Waals surface area (Å²) in [5.41, 5.74) is 0. The van der Waals surface area contributed by atoms with Crippen molar-refractivity contribution in [3.63, 3.8) is 0 Å². The van der Waals surface area contributed by atoms with E-state index in [4.69, 9.17) is 9.05 Å². The Bertz CT molecular complexity index is 183. The van der Waals surface area contributed by atoms with Crippen molar-refractivity contribution in [2.75, 3.05) is 26.3 Å². The highest BCUT2D eigenvalue weighted by Gasteiger charge is 2.30. The highest BCUT2D eigenvalue weighted by Crippen LogP contribution is 2.51. The highest BCUT2D eigenvalue weighted by molar-refractivity contribution is 7.51. The molecule has 5 heteroatoms. The maximum atomic E-state index is 12.2. The fourth-order valence-corrected chi connectivity index (χ4v) is 2.97. The fraction of sp³-hybridized carbons (Fsp3) is 1.00. The molecular weight excluding hydrogens is 201 g/mol. The normalized spacial score (nSPS) is 15.8. The van der Waals surface area contributed by atoms with E-state index >= 15 is 0 Å². The zero-order valence-electron chi connectivity index (χ0n) is 9.65. The van der Waals surface area contributed by atoms with Crippen LogP contribution in [0.2, 0.25) is 0 Å². The molecule has 0 amide bonds. The van der Waals surface area contributed by atoms with Crippen LogP contribution in [0.5, 0.6) is 0 Å². The van der Waals surface area contributed by atoms with Gasteiger partial charge in [0.25, 0.3) is 0 Å². The molecule has 0 aromatic rings. The zero-order valence-corrected chi connectivity index (χ0v) is 10.5. The molecule has 0 saturated carbocycles. The van der Waals surface area contributed by atoms with Crippen LogP contribution < -0.4 is 0 Å². The van der Waals surface area contributed by atoms with Crippen LogP contribution in [0.15, 0.2) is 0 Å². The lowest BCUT2D eigenvalue weighted by molar-refractivity contribution is 0.165. The molecule has 0 aliphatic carbocycles. The Morgan fingerprint density at radius 3 is 2.00 bits per heavy atom. The second-order valence-corrected chi connectivity index (χ2v) is 4.88. The van der Waals surface area contributed by atoms with Gasteiger partial charge in [-0.15, -0.1) is 0 Å². The van der Waals surface area contributed by atoms with Crippen LogP contribution in [0.25, 0.3) is 0 Å². The van der Waals surface area contributed by atoms with E-state index in [1.807, 2.05) is 27.7 Å². The molecule has 0 bridgehead atoms. The topological polar surface area (TPSA) is 38.8 Å². The Balaban J connectivity index is 4.42. The van der Waals surface area contributed by atoms with Crippen molar-refractivity contribution in [2.24, 2.45) is 0 Å². The molecule has 86 valence electrons. The van der Waals surface area contributed by atoms with E-state index in [-0.39, 0.29) is 0 Å². The maximum Gasteiger partial charge on any atom is 0.408 e. The van der Waals surface area contributed by atoms with Crippen molar-refractivity contribution in [1.29, 1.82) is 0 Å². The van der Waals surface area contributed by atoms with Crippen LogP contribution in [0.3, 0.4) is 0 Å². The largest absolute Gasteiger partial charge is 0.408 e. The van der Waals surface area contributed by atoms with Crippen molar-refractivity contribution in [1.82, 2.24) is 4.67 Å². The molecule has 4 nitrogen and oxygen atoms in total. The van der Waals surface area contributed by atoms with Gasteiger partial charge in [0, 0.05) is 13.1 Å². The summed E-state index contributed by atoms with van der Waals surface area (Å²) in [5, 5.41) is 0. The monoisotopic (exact) mass is 223 g/mol. The summed E-state index contributed by atoms with van der Waals surface area (Å²) in [6.45, 7) is 9.96. The molecule has 1 unspecified atom stereocenters. The van der Waals surface area contributed by atoms with Crippen LogP contribution in [-0.4, -0.2) is 31.0 Å². The Hall–Kier alpha value is 0.110. The van der Waals surface area contributed by atoms with E-state index < -0.39 is 7.75 Å². The molecule has 0 N–H and O–H groups in total. The maximum absolute atomic E-state index is 12.2. The summed E-state index contributed by atoms with van der Waals surface area (Å²) >= 11 is 0. The predicted octanol–water partition coefficient (Wildman–Crippen LogP) is 2.90. The van der Waals surface area contributed by atoms with E-state index in [2.05, 4.69) is 0 Å². The van der Waals surface area contributed by atoms with Gasteiger partial charge in [0.2, 0.25) is 0 Å². The molecule has 0 heterocycles. The molecule has 0 rings (SSSR count). The molecule has 0 aliphatic heterocycles. The first-order valence-electron chi connectivity index (χ1n) is 5.29. The first-order chi connectivity index (χ1) is 6.64. The summed E-state index contributed by atoms with van der Waals surface area (Å²) < 4.78 is 24.5. The summed E-state index contributed by atoms with van der Waals surface area (Å²) in [6, 6.07) is 0. The average molecular weight is 223 g/mol. The third-order valence-corrected chi connectivity index (χ3v) is 4.18. The lowest BCUT2D eigenvalue weighted by Crippen LogP contribution is -2.22. The van der Waals surface area contributed by atoms with E-state index in [0.29, 0.717) is 26.3 Å². The first kappa shape index (κ1) is 14.1. The Labute approximate surface area is 87.2 Å². The third-order valence-electron chi connectivity index (χ3n) is 1.83. The minimum absolute atomic E-state index is 0.414. The Morgan fingerprint density at radius 1 is 1.07 bits per heavy atom. The van der Waals surface area contributed by atoms with Gasteiger partial charge in [0.15, 0.2) is 0 Å². The van der Waals surface area contributed by atoms with E-state index in [1.165, 1.54) is 0 Å². The van der Waals surface area contributed by atoms with Gasteiger partial charge >= 0.3 is 7.75 Å². The predicted molar refractivity (Wildman–Crippen MR) is 58.4 cm³/mol. The SMILES string of the molecule is CCCOP(=O)(OCC)N(CC)CC. The Kier molecular flexibility index (Phi) is 7.47. The number of hydrogen-bond donors (Lipinski definition) is 0. The van der Waals surface area contributed by atoms with Crippen LogP contribution >= 0.6 is 7.75 Å². The highest BCUT2D eigenvalue weighted by atomic mass is 31.2. The molecule has 0 fully saturated rings. The van der Waals surface area contributed by atoms with Gasteiger partial charge < -0.3 is 0 Å². The lowest BCUT2D eigenvalue weighted by Gasteiger charge is -2.27. The van der Waals surface area contributed by atoms with Gasteiger partial charge in [-0.3, -0.25) is 9.05 Å². The lowest BCUT2D eigenvalue weighted by atomic mass is 10.5. The second-order valence-electron chi connectivity index (χ2n) is 2.86. The van der Waals surface area contributed by atoms with Crippen molar-refractivity contribution in [3.05, 3.63) is 0 Å². The minimum Gasteiger partial charge on any atom is -0.297 e. The minimum atomic E-state index is -3.01. The molecule has 0 aliphatic rings. The van der Waals surface area contributed by atoms with Crippen LogP contribution in [0.1, 0.15) is 34.1 Å². The Morgan fingerprint density at radius 2 is 1.64 bits per heavy atom. The number of nitrogens with zero attached hydrogens (tertiary/aromatic N) is 1. The van der Waals surface area contributed by atoms with Crippen molar-refractivity contribution in [2.45, 2.75) is 34.1 Å². The van der Waals surface area contributed by atoms with Crippen LogP contribution in [0, 0.1) is 0 Å². The van der Waals surface area contributed by atoms with Crippen LogP contribution in [-0.2, 0) is 13.6 Å². The van der Waals surface area contributed by atoms with Gasteiger partial charge in [-0.05, 0) is 13.3 Å². The molecule has 0 spiro atoms. The van der Waals surface area contributed by atoms with Crippen molar-refractivity contribution < 1.29 is 13.6 Å². The van der Waals surface area contributed by atoms with E-state index in [9.17, 15) is 4.57 Å². The summed E-state index contributed by atoms with van der Waals surface area (Å²) in [6.07, 6.45) is 0.846. The summed E-state index contributed by atoms with van der Waals surface area (Å²) in [7, 11) is -3.01. The quantitative estimate of drug-likeness (QED) is 0.593. The molecular formula is C9H22NO3P. The molecule has 0 radical (unpaired) electrons.